The zero-order valence-electron chi connectivity index (χ0n) is 13.9. The maximum absolute atomic E-state index is 12.4. The van der Waals surface area contributed by atoms with Crippen LogP contribution in [0.5, 0.6) is 5.75 Å². The summed E-state index contributed by atoms with van der Waals surface area (Å²) in [6.45, 7) is 2.75. The summed E-state index contributed by atoms with van der Waals surface area (Å²) >= 11 is 3.44. The van der Waals surface area contributed by atoms with Gasteiger partial charge < -0.3 is 14.5 Å². The molecule has 1 amide bonds. The van der Waals surface area contributed by atoms with Crippen molar-refractivity contribution in [3.63, 3.8) is 0 Å². The summed E-state index contributed by atoms with van der Waals surface area (Å²) in [5, 5.41) is 0. The highest BCUT2D eigenvalue weighted by Gasteiger charge is 2.21. The standard InChI is InChI=1S/C18H19BrN4O2/c1-25-16-5-4-15(19)13-14(16)3-6-17(24)22-9-11-23(12-10-22)18-20-7-2-8-21-18/h2-8,13H,9-12H2,1H3. The minimum atomic E-state index is -0.00402. The molecule has 0 spiro atoms. The van der Waals surface area contributed by atoms with E-state index in [1.807, 2.05) is 23.1 Å². The van der Waals surface area contributed by atoms with Crippen LogP contribution in [0.3, 0.4) is 0 Å². The normalized spacial score (nSPS) is 14.8. The van der Waals surface area contributed by atoms with Crippen LogP contribution in [0.15, 0.2) is 47.2 Å². The summed E-state index contributed by atoms with van der Waals surface area (Å²) in [4.78, 5) is 24.9. The van der Waals surface area contributed by atoms with Crippen LogP contribution in [0.4, 0.5) is 5.95 Å². The van der Waals surface area contributed by atoms with Crippen LogP contribution >= 0.6 is 15.9 Å². The number of methoxy groups -OCH3 is 1. The molecule has 6 nitrogen and oxygen atoms in total. The monoisotopic (exact) mass is 402 g/mol. The number of ether oxygens (including phenoxy) is 1. The third-order valence-electron chi connectivity index (χ3n) is 4.02. The second-order valence-electron chi connectivity index (χ2n) is 5.58. The maximum atomic E-state index is 12.4. The molecule has 1 aromatic carbocycles. The highest BCUT2D eigenvalue weighted by Crippen LogP contribution is 2.24. The first-order valence-electron chi connectivity index (χ1n) is 8.00. The van der Waals surface area contributed by atoms with Crippen LogP contribution in [0.2, 0.25) is 0 Å². The van der Waals surface area contributed by atoms with Gasteiger partial charge in [-0.1, -0.05) is 15.9 Å². The Kier molecular flexibility index (Phi) is 5.65. The molecule has 2 heterocycles. The summed E-state index contributed by atoms with van der Waals surface area (Å²) in [6, 6.07) is 7.49. The number of amides is 1. The van der Waals surface area contributed by atoms with Gasteiger partial charge >= 0.3 is 0 Å². The second-order valence-corrected chi connectivity index (χ2v) is 6.50. The largest absolute Gasteiger partial charge is 0.496 e. The summed E-state index contributed by atoms with van der Waals surface area (Å²) in [6.07, 6.45) is 6.85. The Hall–Kier alpha value is -2.41. The minimum Gasteiger partial charge on any atom is -0.496 e. The number of carbonyl (C=O) groups is 1. The summed E-state index contributed by atoms with van der Waals surface area (Å²) in [5.41, 5.74) is 0.863. The second kappa shape index (κ2) is 8.11. The third-order valence-corrected chi connectivity index (χ3v) is 4.52. The molecule has 0 aliphatic carbocycles. The molecule has 3 rings (SSSR count). The smallest absolute Gasteiger partial charge is 0.246 e. The molecule has 1 saturated heterocycles. The van der Waals surface area contributed by atoms with E-state index < -0.39 is 0 Å². The van der Waals surface area contributed by atoms with Gasteiger partial charge in [-0.25, -0.2) is 9.97 Å². The average molecular weight is 403 g/mol. The van der Waals surface area contributed by atoms with Gasteiger partial charge in [0.25, 0.3) is 0 Å². The van der Waals surface area contributed by atoms with Crippen LogP contribution in [-0.2, 0) is 4.79 Å². The number of anilines is 1. The van der Waals surface area contributed by atoms with Crippen molar-refractivity contribution in [3.05, 3.63) is 52.8 Å². The van der Waals surface area contributed by atoms with Gasteiger partial charge in [0.05, 0.1) is 7.11 Å². The highest BCUT2D eigenvalue weighted by atomic mass is 79.9. The lowest BCUT2D eigenvalue weighted by Crippen LogP contribution is -2.48. The number of halogens is 1. The Balaban J connectivity index is 1.61. The van der Waals surface area contributed by atoms with Crippen molar-refractivity contribution in [2.75, 3.05) is 38.2 Å². The van der Waals surface area contributed by atoms with Crippen LogP contribution in [0, 0.1) is 0 Å². The first-order valence-corrected chi connectivity index (χ1v) is 8.79. The van der Waals surface area contributed by atoms with Crippen LogP contribution in [0.25, 0.3) is 6.08 Å². The Morgan fingerprint density at radius 1 is 1.20 bits per heavy atom. The molecule has 0 unspecified atom stereocenters. The Morgan fingerprint density at radius 3 is 2.60 bits per heavy atom. The van der Waals surface area contributed by atoms with Crippen molar-refractivity contribution in [1.29, 1.82) is 0 Å². The summed E-state index contributed by atoms with van der Waals surface area (Å²) in [5.74, 6) is 1.44. The molecule has 2 aromatic rings. The topological polar surface area (TPSA) is 58.6 Å². The van der Waals surface area contributed by atoms with Crippen molar-refractivity contribution >= 4 is 33.9 Å². The number of hydrogen-bond donors (Lipinski definition) is 0. The van der Waals surface area contributed by atoms with E-state index in [1.54, 1.807) is 37.7 Å². The number of rotatable bonds is 4. The van der Waals surface area contributed by atoms with E-state index in [-0.39, 0.29) is 5.91 Å². The first-order chi connectivity index (χ1) is 12.2. The molecule has 0 N–H and O–H groups in total. The molecule has 0 radical (unpaired) electrons. The molecule has 1 fully saturated rings. The third kappa shape index (κ3) is 4.36. The van der Waals surface area contributed by atoms with Crippen molar-refractivity contribution in [2.45, 2.75) is 0 Å². The SMILES string of the molecule is COc1ccc(Br)cc1C=CC(=O)N1CCN(c2ncccn2)CC1. The summed E-state index contributed by atoms with van der Waals surface area (Å²) in [7, 11) is 1.62. The number of benzene rings is 1. The van der Waals surface area contributed by atoms with Crippen LogP contribution in [-0.4, -0.2) is 54.1 Å². The molecule has 1 aliphatic heterocycles. The molecule has 0 atom stereocenters. The van der Waals surface area contributed by atoms with Crippen LogP contribution in [0.1, 0.15) is 5.56 Å². The van der Waals surface area contributed by atoms with Gasteiger partial charge in [0.15, 0.2) is 0 Å². The van der Waals surface area contributed by atoms with E-state index in [4.69, 9.17) is 4.74 Å². The molecule has 0 bridgehead atoms. The summed E-state index contributed by atoms with van der Waals surface area (Å²) < 4.78 is 6.27. The Bertz CT molecular complexity index is 759. The number of nitrogens with zero attached hydrogens (tertiary/aromatic N) is 4. The van der Waals surface area contributed by atoms with Gasteiger partial charge in [-0.15, -0.1) is 0 Å². The van der Waals surface area contributed by atoms with E-state index in [0.717, 1.165) is 28.9 Å². The molecule has 130 valence electrons. The van der Waals surface area contributed by atoms with Crippen LogP contribution < -0.4 is 9.64 Å². The minimum absolute atomic E-state index is 0.00402. The predicted molar refractivity (Wildman–Crippen MR) is 101 cm³/mol. The average Bonchev–Trinajstić information content (AvgIpc) is 2.67. The zero-order valence-corrected chi connectivity index (χ0v) is 15.5. The molecular formula is C18H19BrN4O2. The molecule has 1 aliphatic rings. The van der Waals surface area contributed by atoms with Crippen molar-refractivity contribution in [3.8, 4) is 5.75 Å². The van der Waals surface area contributed by atoms with Gasteiger partial charge in [-0.2, -0.15) is 0 Å². The maximum Gasteiger partial charge on any atom is 0.246 e. The Labute approximate surface area is 155 Å². The predicted octanol–water partition coefficient (Wildman–Crippen LogP) is 2.61. The first kappa shape index (κ1) is 17.4. The van der Waals surface area contributed by atoms with Gasteiger partial charge in [-0.3, -0.25) is 4.79 Å². The number of carbonyl (C=O) groups excluding carboxylic acids is 1. The Morgan fingerprint density at radius 2 is 1.92 bits per heavy atom. The van der Waals surface area contributed by atoms with Gasteiger partial charge in [0.1, 0.15) is 5.75 Å². The van der Waals surface area contributed by atoms with E-state index in [1.165, 1.54) is 0 Å². The fourth-order valence-electron chi connectivity index (χ4n) is 2.68. The van der Waals surface area contributed by atoms with Crippen molar-refractivity contribution in [2.24, 2.45) is 0 Å². The van der Waals surface area contributed by atoms with Crippen molar-refractivity contribution < 1.29 is 9.53 Å². The van der Waals surface area contributed by atoms with E-state index >= 15 is 0 Å². The van der Waals surface area contributed by atoms with E-state index in [2.05, 4.69) is 30.8 Å². The molecule has 0 saturated carbocycles. The van der Waals surface area contributed by atoms with Gasteiger partial charge in [0.2, 0.25) is 11.9 Å². The number of aromatic nitrogens is 2. The number of hydrogen-bond acceptors (Lipinski definition) is 5. The highest BCUT2D eigenvalue weighted by molar-refractivity contribution is 9.10. The lowest BCUT2D eigenvalue weighted by Gasteiger charge is -2.34. The molecule has 1 aromatic heterocycles. The fraction of sp³-hybridized carbons (Fsp3) is 0.278. The van der Waals surface area contributed by atoms with E-state index in [9.17, 15) is 4.79 Å². The zero-order chi connectivity index (χ0) is 17.6. The lowest BCUT2D eigenvalue weighted by atomic mass is 10.2. The van der Waals surface area contributed by atoms with Gasteiger partial charge in [0, 0.05) is 54.7 Å². The fourth-order valence-corrected chi connectivity index (χ4v) is 3.06. The molecule has 25 heavy (non-hydrogen) atoms. The quantitative estimate of drug-likeness (QED) is 0.735. The lowest BCUT2D eigenvalue weighted by molar-refractivity contribution is -0.126. The van der Waals surface area contributed by atoms with Crippen molar-refractivity contribution in [1.82, 2.24) is 14.9 Å². The number of piperazine rings is 1. The molecule has 7 heteroatoms. The molecular weight excluding hydrogens is 384 g/mol. The van der Waals surface area contributed by atoms with E-state index in [0.29, 0.717) is 19.0 Å². The van der Waals surface area contributed by atoms with Gasteiger partial charge in [-0.05, 0) is 30.3 Å².